The van der Waals surface area contributed by atoms with Gasteiger partial charge in [-0.05, 0) is 38.1 Å². The number of hydrogen-bond acceptors (Lipinski definition) is 5. The summed E-state index contributed by atoms with van der Waals surface area (Å²) in [6.07, 6.45) is -0.440. The first-order valence-corrected chi connectivity index (χ1v) is 8.19. The normalized spacial score (nSPS) is 13.1. The van der Waals surface area contributed by atoms with Crippen molar-refractivity contribution in [3.8, 4) is 5.69 Å². The van der Waals surface area contributed by atoms with Crippen molar-refractivity contribution in [2.45, 2.75) is 20.0 Å². The molecule has 1 unspecified atom stereocenters. The molecule has 1 aromatic heterocycles. The summed E-state index contributed by atoms with van der Waals surface area (Å²) < 4.78 is 45.7. The van der Waals surface area contributed by atoms with Crippen LogP contribution in [0.4, 0.5) is 10.2 Å². The number of sulfonamides is 1. The van der Waals surface area contributed by atoms with Gasteiger partial charge in [0.25, 0.3) is 0 Å². The van der Waals surface area contributed by atoms with Gasteiger partial charge in [0.2, 0.25) is 10.0 Å². The number of methoxy groups -OCH3 is 1. The maximum atomic E-state index is 12.9. The highest BCUT2D eigenvalue weighted by molar-refractivity contribution is 7.92. The van der Waals surface area contributed by atoms with Gasteiger partial charge in [0.15, 0.2) is 5.82 Å². The lowest BCUT2D eigenvalue weighted by molar-refractivity contribution is 0.136. The molecule has 0 spiro atoms. The average molecular weight is 328 g/mol. The van der Waals surface area contributed by atoms with Gasteiger partial charge >= 0.3 is 0 Å². The molecule has 1 aromatic carbocycles. The van der Waals surface area contributed by atoms with Crippen molar-refractivity contribution in [2.24, 2.45) is 0 Å². The third-order valence-electron chi connectivity index (χ3n) is 3.07. The Morgan fingerprint density at radius 3 is 2.59 bits per heavy atom. The fourth-order valence-corrected chi connectivity index (χ4v) is 3.14. The van der Waals surface area contributed by atoms with E-state index < -0.39 is 16.1 Å². The Balaban J connectivity index is 2.23. The molecule has 0 saturated carbocycles. The molecule has 22 heavy (non-hydrogen) atoms. The fourth-order valence-electron chi connectivity index (χ4n) is 1.82. The predicted molar refractivity (Wildman–Crippen MR) is 79.9 cm³/mol. The van der Waals surface area contributed by atoms with Crippen molar-refractivity contribution in [3.05, 3.63) is 35.8 Å². The zero-order valence-electron chi connectivity index (χ0n) is 12.4. The fraction of sp³-hybridized carbons (Fsp3) is 0.385. The molecule has 2 rings (SSSR count). The number of rotatable bonds is 6. The lowest BCUT2D eigenvalue weighted by atomic mass is 10.3. The van der Waals surface area contributed by atoms with E-state index in [1.807, 2.05) is 0 Å². The van der Waals surface area contributed by atoms with E-state index in [1.165, 1.54) is 36.1 Å². The highest BCUT2D eigenvalue weighted by Gasteiger charge is 2.19. The van der Waals surface area contributed by atoms with Crippen LogP contribution in [0, 0.1) is 12.7 Å². The number of halogens is 1. The van der Waals surface area contributed by atoms with Gasteiger partial charge in [0.05, 0.1) is 23.2 Å². The first-order valence-electron chi connectivity index (χ1n) is 6.54. The van der Waals surface area contributed by atoms with Gasteiger partial charge in [-0.25, -0.2) is 17.5 Å². The lowest BCUT2D eigenvalue weighted by Gasteiger charge is -2.11. The van der Waals surface area contributed by atoms with Gasteiger partial charge in [0.1, 0.15) is 5.82 Å². The number of benzene rings is 1. The standard InChI is InChI=1S/C13H17FN4O3S/c1-9(21-3)8-22(19,20)16-13-10(2)18(17-15-13)12-6-4-11(14)5-7-12/h4-7,9,16H,8H2,1-3H3. The minimum absolute atomic E-state index is 0.132. The second-order valence-corrected chi connectivity index (χ2v) is 6.61. The Morgan fingerprint density at radius 1 is 1.36 bits per heavy atom. The van der Waals surface area contributed by atoms with Crippen LogP contribution in [0.5, 0.6) is 0 Å². The minimum Gasteiger partial charge on any atom is -0.381 e. The van der Waals surface area contributed by atoms with Crippen LogP contribution in [-0.4, -0.2) is 42.4 Å². The van der Waals surface area contributed by atoms with Crippen LogP contribution in [0.3, 0.4) is 0 Å². The van der Waals surface area contributed by atoms with Crippen LogP contribution in [0.25, 0.3) is 5.69 Å². The summed E-state index contributed by atoms with van der Waals surface area (Å²) in [5.41, 5.74) is 1.09. The molecule has 0 aliphatic heterocycles. The third kappa shape index (κ3) is 3.80. The Morgan fingerprint density at radius 2 is 2.00 bits per heavy atom. The molecule has 0 aliphatic carbocycles. The third-order valence-corrected chi connectivity index (χ3v) is 4.49. The molecule has 2 aromatic rings. The first kappa shape index (κ1) is 16.4. The van der Waals surface area contributed by atoms with Crippen molar-refractivity contribution in [2.75, 3.05) is 17.6 Å². The average Bonchev–Trinajstić information content (AvgIpc) is 2.80. The van der Waals surface area contributed by atoms with E-state index in [1.54, 1.807) is 13.8 Å². The quantitative estimate of drug-likeness (QED) is 0.868. The maximum Gasteiger partial charge on any atom is 0.236 e. The number of nitrogens with zero attached hydrogens (tertiary/aromatic N) is 3. The highest BCUT2D eigenvalue weighted by atomic mass is 32.2. The Bertz CT molecular complexity index is 743. The molecule has 1 heterocycles. The molecule has 7 nitrogen and oxygen atoms in total. The van der Waals surface area contributed by atoms with E-state index >= 15 is 0 Å². The van der Waals surface area contributed by atoms with Gasteiger partial charge in [-0.2, -0.15) is 0 Å². The zero-order valence-corrected chi connectivity index (χ0v) is 13.3. The van der Waals surface area contributed by atoms with Crippen LogP contribution >= 0.6 is 0 Å². The number of anilines is 1. The minimum atomic E-state index is -3.59. The molecule has 1 N–H and O–H groups in total. The zero-order chi connectivity index (χ0) is 16.3. The molecule has 0 aliphatic rings. The topological polar surface area (TPSA) is 86.1 Å². The van der Waals surface area contributed by atoms with E-state index in [9.17, 15) is 12.8 Å². The molecule has 0 radical (unpaired) electrons. The van der Waals surface area contributed by atoms with Crippen molar-refractivity contribution >= 4 is 15.8 Å². The summed E-state index contributed by atoms with van der Waals surface area (Å²) in [7, 11) is -2.15. The summed E-state index contributed by atoms with van der Waals surface area (Å²) in [4.78, 5) is 0. The van der Waals surface area contributed by atoms with Crippen LogP contribution in [0.2, 0.25) is 0 Å². The Kier molecular flexibility index (Phi) is 4.77. The van der Waals surface area contributed by atoms with Crippen molar-refractivity contribution < 1.29 is 17.5 Å². The molecule has 1 atom stereocenters. The monoisotopic (exact) mass is 328 g/mol. The van der Waals surface area contributed by atoms with Gasteiger partial charge in [0, 0.05) is 7.11 Å². The van der Waals surface area contributed by atoms with E-state index in [4.69, 9.17) is 4.74 Å². The van der Waals surface area contributed by atoms with Crippen LogP contribution in [0.1, 0.15) is 12.6 Å². The largest absolute Gasteiger partial charge is 0.381 e. The number of nitrogens with one attached hydrogen (secondary N) is 1. The van der Waals surface area contributed by atoms with Gasteiger partial charge in [-0.3, -0.25) is 4.72 Å². The van der Waals surface area contributed by atoms with Crippen molar-refractivity contribution in [1.82, 2.24) is 15.0 Å². The molecule has 0 saturated heterocycles. The van der Waals surface area contributed by atoms with Gasteiger partial charge < -0.3 is 4.74 Å². The van der Waals surface area contributed by atoms with E-state index in [0.717, 1.165) is 0 Å². The van der Waals surface area contributed by atoms with E-state index in [2.05, 4.69) is 15.0 Å². The predicted octanol–water partition coefficient (Wildman–Crippen LogP) is 1.49. The summed E-state index contributed by atoms with van der Waals surface area (Å²) in [5, 5.41) is 7.71. The van der Waals surface area contributed by atoms with E-state index in [0.29, 0.717) is 11.4 Å². The smallest absolute Gasteiger partial charge is 0.236 e. The summed E-state index contributed by atoms with van der Waals surface area (Å²) in [5.74, 6) is -0.421. The SMILES string of the molecule is COC(C)CS(=O)(=O)Nc1nnn(-c2ccc(F)cc2)c1C. The second-order valence-electron chi connectivity index (χ2n) is 4.84. The number of hydrogen-bond donors (Lipinski definition) is 1. The number of aromatic nitrogens is 3. The molecule has 0 bridgehead atoms. The Labute approximate surface area is 128 Å². The second kappa shape index (κ2) is 6.41. The molecule has 9 heteroatoms. The van der Waals surface area contributed by atoms with Gasteiger partial charge in [-0.15, -0.1) is 5.10 Å². The molecule has 120 valence electrons. The maximum absolute atomic E-state index is 12.9. The van der Waals surface area contributed by atoms with Gasteiger partial charge in [-0.1, -0.05) is 5.21 Å². The summed E-state index contributed by atoms with van der Waals surface area (Å²) in [6.45, 7) is 3.32. The molecule has 0 fully saturated rings. The van der Waals surface area contributed by atoms with Crippen LogP contribution in [0.15, 0.2) is 24.3 Å². The molecular formula is C13H17FN4O3S. The summed E-state index contributed by atoms with van der Waals surface area (Å²) >= 11 is 0. The van der Waals surface area contributed by atoms with Crippen molar-refractivity contribution in [3.63, 3.8) is 0 Å². The number of ether oxygens (including phenoxy) is 1. The molecule has 0 amide bonds. The first-order chi connectivity index (χ1) is 10.3. The van der Waals surface area contributed by atoms with Crippen molar-refractivity contribution in [1.29, 1.82) is 0 Å². The van der Waals surface area contributed by atoms with Crippen LogP contribution in [-0.2, 0) is 14.8 Å². The van der Waals surface area contributed by atoms with Crippen LogP contribution < -0.4 is 4.72 Å². The molecular weight excluding hydrogens is 311 g/mol. The Hall–Kier alpha value is -2.00. The summed E-state index contributed by atoms with van der Waals surface area (Å²) in [6, 6.07) is 5.64. The lowest BCUT2D eigenvalue weighted by Crippen LogP contribution is -2.25. The highest BCUT2D eigenvalue weighted by Crippen LogP contribution is 2.17. The van der Waals surface area contributed by atoms with E-state index in [-0.39, 0.29) is 17.4 Å².